The van der Waals surface area contributed by atoms with Crippen molar-refractivity contribution in [2.75, 3.05) is 31.9 Å². The van der Waals surface area contributed by atoms with Crippen LogP contribution in [0.4, 0.5) is 13.2 Å². The molecule has 3 rings (SSSR count). The molecule has 0 bridgehead atoms. The summed E-state index contributed by atoms with van der Waals surface area (Å²) in [7, 11) is -1.21. The minimum Gasteiger partial charge on any atom is -0.475 e. The van der Waals surface area contributed by atoms with E-state index < -0.39 is 22.0 Å². The van der Waals surface area contributed by atoms with Gasteiger partial charge < -0.3 is 14.6 Å². The van der Waals surface area contributed by atoms with Gasteiger partial charge in [0.25, 0.3) is 5.91 Å². The zero-order chi connectivity index (χ0) is 24.3. The average Bonchev–Trinajstić information content (AvgIpc) is 2.96. The number of nitrogens with zero attached hydrogens (tertiary/aromatic N) is 3. The minimum atomic E-state index is -5.08. The fourth-order valence-electron chi connectivity index (χ4n) is 4.20. The molecular formula is C20H30F3N3O5S. The van der Waals surface area contributed by atoms with E-state index >= 15 is 0 Å². The molecular weight excluding hydrogens is 451 g/mol. The van der Waals surface area contributed by atoms with Crippen LogP contribution in [0.1, 0.15) is 37.2 Å². The number of likely N-dealkylation sites (tertiary alicyclic amines) is 1. The van der Waals surface area contributed by atoms with Crippen molar-refractivity contribution in [3.8, 4) is 0 Å². The molecule has 1 aromatic heterocycles. The lowest BCUT2D eigenvalue weighted by Crippen LogP contribution is -2.55. The van der Waals surface area contributed by atoms with Gasteiger partial charge in [-0.1, -0.05) is 13.8 Å². The quantitative estimate of drug-likeness (QED) is 0.709. The number of halogens is 3. The van der Waals surface area contributed by atoms with E-state index in [2.05, 4.69) is 18.7 Å². The molecule has 2 saturated heterocycles. The van der Waals surface area contributed by atoms with Crippen LogP contribution < -0.4 is 0 Å². The molecule has 1 amide bonds. The second kappa shape index (κ2) is 10.2. The Morgan fingerprint density at radius 1 is 1.19 bits per heavy atom. The van der Waals surface area contributed by atoms with E-state index in [1.165, 1.54) is 0 Å². The van der Waals surface area contributed by atoms with Crippen LogP contribution in [0.25, 0.3) is 0 Å². The summed E-state index contributed by atoms with van der Waals surface area (Å²) in [5, 5.41) is 6.78. The number of amides is 1. The van der Waals surface area contributed by atoms with Crippen LogP contribution in [0, 0.1) is 5.92 Å². The third-order valence-corrected chi connectivity index (χ3v) is 7.92. The summed E-state index contributed by atoms with van der Waals surface area (Å²) >= 11 is 0. The third kappa shape index (κ3) is 6.47. The highest BCUT2D eigenvalue weighted by Gasteiger charge is 2.43. The van der Waals surface area contributed by atoms with E-state index in [4.69, 9.17) is 9.90 Å². The highest BCUT2D eigenvalue weighted by atomic mass is 32.2. The van der Waals surface area contributed by atoms with E-state index in [9.17, 15) is 26.4 Å². The maximum Gasteiger partial charge on any atom is 0.490 e. The van der Waals surface area contributed by atoms with Crippen molar-refractivity contribution in [1.82, 2.24) is 14.4 Å². The molecule has 2 fully saturated rings. The van der Waals surface area contributed by atoms with E-state index in [1.54, 1.807) is 0 Å². The molecule has 32 heavy (non-hydrogen) atoms. The van der Waals surface area contributed by atoms with Gasteiger partial charge in [0.15, 0.2) is 9.84 Å². The predicted molar refractivity (Wildman–Crippen MR) is 112 cm³/mol. The van der Waals surface area contributed by atoms with Crippen molar-refractivity contribution in [3.63, 3.8) is 0 Å². The van der Waals surface area contributed by atoms with Gasteiger partial charge in [-0.2, -0.15) is 13.2 Å². The summed E-state index contributed by atoms with van der Waals surface area (Å²) < 4.78 is 58.8. The fraction of sp³-hybridized carbons (Fsp3) is 0.700. The largest absolute Gasteiger partial charge is 0.490 e. The first-order valence-electron chi connectivity index (χ1n) is 10.4. The number of rotatable bonds is 3. The Bertz CT molecular complexity index is 914. The van der Waals surface area contributed by atoms with Crippen LogP contribution in [-0.2, 0) is 21.7 Å². The van der Waals surface area contributed by atoms with Crippen molar-refractivity contribution in [1.29, 1.82) is 0 Å². The van der Waals surface area contributed by atoms with Gasteiger partial charge in [0.1, 0.15) is 5.69 Å². The molecule has 0 aromatic carbocycles. The van der Waals surface area contributed by atoms with Gasteiger partial charge in [-0.15, -0.1) is 0 Å². The number of carbonyl (C=O) groups is 2. The van der Waals surface area contributed by atoms with Crippen LogP contribution in [0.2, 0.25) is 0 Å². The Hall–Kier alpha value is -2.08. The maximum absolute atomic E-state index is 12.8. The molecule has 182 valence electrons. The van der Waals surface area contributed by atoms with Crippen molar-refractivity contribution in [2.45, 2.75) is 44.2 Å². The molecule has 8 nitrogen and oxygen atoms in total. The smallest absolute Gasteiger partial charge is 0.475 e. The second-order valence-electron chi connectivity index (χ2n) is 8.54. The average molecular weight is 482 g/mol. The number of hydrogen-bond donors (Lipinski definition) is 1. The standard InChI is InChI=1S/C18H29N3O3S.C2HF3O2/c1-14(2)13-21-11-12-25(23,24)17-7-10-20(9-6-15(17)21)18(22)16-5-4-8-19(16)3;3-2(4,5)1(6)7/h4-5,8,14-15,17H,6-7,9-13H2,1-3H3;(H,6,7)/t15-,17+;/m0./s1. The van der Waals surface area contributed by atoms with Gasteiger partial charge >= 0.3 is 12.1 Å². The van der Waals surface area contributed by atoms with Crippen LogP contribution >= 0.6 is 0 Å². The number of aromatic nitrogens is 1. The van der Waals surface area contributed by atoms with Crippen LogP contribution in [0.5, 0.6) is 0 Å². The van der Waals surface area contributed by atoms with Crippen LogP contribution in [0.3, 0.4) is 0 Å². The normalized spacial score (nSPS) is 23.7. The molecule has 2 aliphatic rings. The summed E-state index contributed by atoms with van der Waals surface area (Å²) in [5.74, 6) is -2.01. The number of carboxylic acids is 1. The number of carboxylic acid groups (broad SMARTS) is 1. The molecule has 12 heteroatoms. The maximum atomic E-state index is 12.8. The predicted octanol–water partition coefficient (Wildman–Crippen LogP) is 2.02. The first kappa shape index (κ1) is 26.2. The Kier molecular flexibility index (Phi) is 8.38. The van der Waals surface area contributed by atoms with Crippen molar-refractivity contribution in [2.24, 2.45) is 13.0 Å². The lowest BCUT2D eigenvalue weighted by atomic mass is 10.0. The molecule has 0 spiro atoms. The Labute approximate surface area is 185 Å². The van der Waals surface area contributed by atoms with Gasteiger partial charge in [0, 0.05) is 45.5 Å². The fourth-order valence-corrected chi connectivity index (χ4v) is 6.25. The molecule has 2 aliphatic heterocycles. The van der Waals surface area contributed by atoms with E-state index in [0.717, 1.165) is 13.0 Å². The molecule has 1 aromatic rings. The SMILES string of the molecule is CC(C)CN1CCS(=O)(=O)[C@@H]2CCN(C(=O)c3cccn3C)CC[C@@H]21.O=C(O)C(F)(F)F. The third-order valence-electron chi connectivity index (χ3n) is 5.69. The summed E-state index contributed by atoms with van der Waals surface area (Å²) in [4.78, 5) is 25.9. The number of sulfone groups is 1. The number of aliphatic carboxylic acids is 1. The first-order chi connectivity index (χ1) is 14.7. The van der Waals surface area contributed by atoms with Gasteiger partial charge in [-0.05, 0) is 30.9 Å². The van der Waals surface area contributed by atoms with E-state index in [-0.39, 0.29) is 23.0 Å². The molecule has 2 atom stereocenters. The lowest BCUT2D eigenvalue weighted by molar-refractivity contribution is -0.192. The zero-order valence-corrected chi connectivity index (χ0v) is 19.2. The van der Waals surface area contributed by atoms with Crippen molar-refractivity contribution < 1.29 is 36.3 Å². The van der Waals surface area contributed by atoms with Gasteiger partial charge in [0.05, 0.1) is 11.0 Å². The number of hydrogen-bond acceptors (Lipinski definition) is 5. The minimum absolute atomic E-state index is 0.000968. The number of alkyl halides is 3. The van der Waals surface area contributed by atoms with Crippen molar-refractivity contribution >= 4 is 21.7 Å². The highest BCUT2D eigenvalue weighted by molar-refractivity contribution is 7.92. The van der Waals surface area contributed by atoms with Gasteiger partial charge in [0.2, 0.25) is 0 Å². The Morgan fingerprint density at radius 2 is 1.78 bits per heavy atom. The molecule has 0 aliphatic carbocycles. The zero-order valence-electron chi connectivity index (χ0n) is 18.4. The first-order valence-corrected chi connectivity index (χ1v) is 12.1. The lowest BCUT2D eigenvalue weighted by Gasteiger charge is -2.40. The molecule has 0 saturated carbocycles. The summed E-state index contributed by atoms with van der Waals surface area (Å²) in [6.45, 7) is 7.01. The number of fused-ring (bicyclic) bond motifs is 1. The highest BCUT2D eigenvalue weighted by Crippen LogP contribution is 2.29. The van der Waals surface area contributed by atoms with Crippen LogP contribution in [0.15, 0.2) is 18.3 Å². The summed E-state index contributed by atoms with van der Waals surface area (Å²) in [6, 6.07) is 3.72. The van der Waals surface area contributed by atoms with Crippen LogP contribution in [-0.4, -0.2) is 89.2 Å². The topological polar surface area (TPSA) is 99.9 Å². The Morgan fingerprint density at radius 3 is 2.28 bits per heavy atom. The number of aryl methyl sites for hydroxylation is 1. The van der Waals surface area contributed by atoms with Crippen molar-refractivity contribution in [3.05, 3.63) is 24.0 Å². The summed E-state index contributed by atoms with van der Waals surface area (Å²) in [6.07, 6.45) is -1.95. The van der Waals surface area contributed by atoms with E-state index in [1.807, 2.05) is 34.8 Å². The second-order valence-corrected chi connectivity index (χ2v) is 10.9. The number of carbonyl (C=O) groups excluding carboxylic acids is 1. The molecule has 0 unspecified atom stereocenters. The monoisotopic (exact) mass is 481 g/mol. The molecule has 3 heterocycles. The summed E-state index contributed by atoms with van der Waals surface area (Å²) in [5.41, 5.74) is 0.659. The molecule has 1 N–H and O–H groups in total. The Balaban J connectivity index is 0.000000451. The van der Waals surface area contributed by atoms with E-state index in [0.29, 0.717) is 37.7 Å². The molecule has 0 radical (unpaired) electrons. The van der Waals surface area contributed by atoms with Gasteiger partial charge in [-0.3, -0.25) is 9.69 Å². The van der Waals surface area contributed by atoms with Gasteiger partial charge in [-0.25, -0.2) is 13.2 Å².